The van der Waals surface area contributed by atoms with Crippen molar-refractivity contribution in [1.29, 1.82) is 0 Å². The normalized spacial score (nSPS) is 11.8. The van der Waals surface area contributed by atoms with E-state index in [9.17, 15) is 24.5 Å². The second kappa shape index (κ2) is 7.97. The Hall–Kier alpha value is -3.35. The Labute approximate surface area is 188 Å². The molecule has 4 aromatic rings. The zero-order valence-electron chi connectivity index (χ0n) is 17.4. The minimum atomic E-state index is -1.05. The summed E-state index contributed by atoms with van der Waals surface area (Å²) in [5.74, 6) is -1.49. The van der Waals surface area contributed by atoms with E-state index in [0.717, 1.165) is 0 Å². The van der Waals surface area contributed by atoms with Gasteiger partial charge in [-0.1, -0.05) is 37.6 Å². The van der Waals surface area contributed by atoms with Gasteiger partial charge in [0.1, 0.15) is 11.6 Å². The van der Waals surface area contributed by atoms with Crippen LogP contribution in [0.3, 0.4) is 0 Å². The van der Waals surface area contributed by atoms with Crippen molar-refractivity contribution in [3.05, 3.63) is 82.8 Å². The molecule has 0 amide bonds. The molecule has 3 aromatic carbocycles. The number of carboxylic acids is 1. The summed E-state index contributed by atoms with van der Waals surface area (Å²) in [6.45, 7) is 3.50. The summed E-state index contributed by atoms with van der Waals surface area (Å²) in [5, 5.41) is 31.2. The molecule has 0 aliphatic rings. The lowest BCUT2D eigenvalue weighted by Gasteiger charge is -2.27. The van der Waals surface area contributed by atoms with Crippen molar-refractivity contribution in [3.8, 4) is 22.6 Å². The highest BCUT2D eigenvalue weighted by Crippen LogP contribution is 2.46. The van der Waals surface area contributed by atoms with Crippen LogP contribution in [-0.2, 0) is 5.41 Å². The van der Waals surface area contributed by atoms with Gasteiger partial charge in [0, 0.05) is 27.4 Å². The maximum Gasteiger partial charge on any atom is 0.335 e. The van der Waals surface area contributed by atoms with Crippen LogP contribution >= 0.6 is 11.6 Å². The smallest absolute Gasteiger partial charge is 0.335 e. The molecule has 5 nitrogen and oxygen atoms in total. The van der Waals surface area contributed by atoms with Crippen molar-refractivity contribution in [2.75, 3.05) is 6.61 Å². The minimum Gasteiger partial charge on any atom is -0.507 e. The van der Waals surface area contributed by atoms with Gasteiger partial charge in [-0.15, -0.1) is 0 Å². The van der Waals surface area contributed by atoms with E-state index >= 15 is 0 Å². The molecule has 0 saturated heterocycles. The van der Waals surface area contributed by atoms with Gasteiger partial charge in [-0.25, -0.2) is 9.18 Å². The average Bonchev–Trinajstić information content (AvgIpc) is 3.10. The van der Waals surface area contributed by atoms with Crippen LogP contribution in [0.25, 0.3) is 27.7 Å². The Balaban J connectivity index is 2.18. The molecule has 0 aliphatic heterocycles. The highest BCUT2D eigenvalue weighted by molar-refractivity contribution is 6.31. The van der Waals surface area contributed by atoms with Gasteiger partial charge in [-0.2, -0.15) is 0 Å². The van der Waals surface area contributed by atoms with Crippen molar-refractivity contribution in [2.24, 2.45) is 0 Å². The third-order valence-corrected chi connectivity index (χ3v) is 5.77. The Bertz CT molecular complexity index is 1330. The molecule has 164 valence electrons. The van der Waals surface area contributed by atoms with Gasteiger partial charge in [0.2, 0.25) is 0 Å². The summed E-state index contributed by atoms with van der Waals surface area (Å²) in [4.78, 5) is 11.3. The molecule has 1 heterocycles. The number of hydrogen-bond acceptors (Lipinski definition) is 3. The van der Waals surface area contributed by atoms with E-state index < -0.39 is 17.2 Å². The molecule has 0 bridgehead atoms. The molecule has 0 fully saturated rings. The molecular formula is C25H21ClFNO4. The van der Waals surface area contributed by atoms with Gasteiger partial charge >= 0.3 is 5.97 Å². The summed E-state index contributed by atoms with van der Waals surface area (Å²) >= 11 is 6.27. The van der Waals surface area contributed by atoms with Crippen molar-refractivity contribution in [2.45, 2.75) is 19.3 Å². The second-order valence-electron chi connectivity index (χ2n) is 8.28. The van der Waals surface area contributed by atoms with E-state index in [1.54, 1.807) is 30.3 Å². The first-order valence-electron chi connectivity index (χ1n) is 9.92. The van der Waals surface area contributed by atoms with Crippen molar-refractivity contribution in [3.63, 3.8) is 0 Å². The number of halogens is 2. The Morgan fingerprint density at radius 1 is 1.06 bits per heavy atom. The largest absolute Gasteiger partial charge is 0.507 e. The molecule has 7 heteroatoms. The molecule has 0 unspecified atom stereocenters. The maximum absolute atomic E-state index is 13.7. The number of nitrogens with zero attached hydrogens (tertiary/aromatic N) is 1. The van der Waals surface area contributed by atoms with E-state index in [0.29, 0.717) is 38.4 Å². The Morgan fingerprint density at radius 3 is 2.25 bits per heavy atom. The Morgan fingerprint density at radius 2 is 1.69 bits per heavy atom. The number of aromatic nitrogens is 1. The fourth-order valence-electron chi connectivity index (χ4n) is 4.00. The summed E-state index contributed by atoms with van der Waals surface area (Å²) in [6, 6.07) is 15.3. The summed E-state index contributed by atoms with van der Waals surface area (Å²) in [7, 11) is 0. The van der Waals surface area contributed by atoms with Crippen molar-refractivity contribution >= 4 is 28.5 Å². The highest BCUT2D eigenvalue weighted by atomic mass is 35.5. The zero-order valence-corrected chi connectivity index (χ0v) is 18.2. The second-order valence-corrected chi connectivity index (χ2v) is 8.72. The van der Waals surface area contributed by atoms with Crippen LogP contribution in [-0.4, -0.2) is 32.5 Å². The third-order valence-electron chi connectivity index (χ3n) is 5.55. The molecule has 1 aromatic heterocycles. The molecule has 0 aliphatic carbocycles. The van der Waals surface area contributed by atoms with Crippen molar-refractivity contribution < 1.29 is 24.5 Å². The molecule has 3 N–H and O–H groups in total. The maximum atomic E-state index is 13.7. The van der Waals surface area contributed by atoms with Gasteiger partial charge in [0.15, 0.2) is 0 Å². The number of carboxylic acid groups (broad SMARTS) is 1. The lowest BCUT2D eigenvalue weighted by atomic mass is 9.84. The first-order chi connectivity index (χ1) is 15.1. The minimum absolute atomic E-state index is 0.0549. The van der Waals surface area contributed by atoms with Gasteiger partial charge < -0.3 is 19.9 Å². The van der Waals surface area contributed by atoms with Crippen LogP contribution < -0.4 is 0 Å². The molecule has 0 saturated carbocycles. The van der Waals surface area contributed by atoms with Gasteiger partial charge in [-0.3, -0.25) is 0 Å². The molecule has 0 spiro atoms. The van der Waals surface area contributed by atoms with Crippen LogP contribution in [0.5, 0.6) is 5.75 Å². The number of aromatic carboxylic acids is 1. The van der Waals surface area contributed by atoms with Gasteiger partial charge in [-0.05, 0) is 54.1 Å². The topological polar surface area (TPSA) is 82.7 Å². The molecule has 4 rings (SSSR count). The van der Waals surface area contributed by atoms with E-state index in [1.807, 2.05) is 18.4 Å². The zero-order chi connectivity index (χ0) is 23.2. The molecule has 0 radical (unpaired) electrons. The standard InChI is InChI=1S/C25H21ClFNO4/c1-25(2,13-29)23-21(14-3-5-15(6-4-14)24(31)32)22-19(11-16(26)12-20(22)30)28(23)18-9-7-17(27)8-10-18/h3-12,29-30H,13H2,1-2H3,(H,31,32). The number of carbonyl (C=O) groups is 1. The Kier molecular flexibility index (Phi) is 5.44. The monoisotopic (exact) mass is 453 g/mol. The predicted octanol–water partition coefficient (Wildman–Crippen LogP) is 5.76. The fourth-order valence-corrected chi connectivity index (χ4v) is 4.20. The molecule has 0 atom stereocenters. The van der Waals surface area contributed by atoms with Crippen LogP contribution in [0.4, 0.5) is 4.39 Å². The number of hydrogen-bond donors (Lipinski definition) is 3. The number of rotatable bonds is 5. The van der Waals surface area contributed by atoms with Crippen LogP contribution in [0.1, 0.15) is 29.9 Å². The van der Waals surface area contributed by atoms with E-state index in [1.165, 1.54) is 30.3 Å². The fraction of sp³-hybridized carbons (Fsp3) is 0.160. The quantitative estimate of drug-likeness (QED) is 0.358. The summed E-state index contributed by atoms with van der Waals surface area (Å²) in [5.41, 5.74) is 2.52. The first-order valence-corrected chi connectivity index (χ1v) is 10.3. The number of aromatic hydroxyl groups is 1. The van der Waals surface area contributed by atoms with Crippen LogP contribution in [0, 0.1) is 5.82 Å². The number of fused-ring (bicyclic) bond motifs is 1. The number of benzene rings is 3. The summed E-state index contributed by atoms with van der Waals surface area (Å²) < 4.78 is 15.5. The first kappa shape index (κ1) is 21.9. The molecule has 32 heavy (non-hydrogen) atoms. The lowest BCUT2D eigenvalue weighted by molar-refractivity contribution is 0.0697. The number of aliphatic hydroxyl groups excluding tert-OH is 1. The average molecular weight is 454 g/mol. The number of aliphatic hydroxyl groups is 1. The summed E-state index contributed by atoms with van der Waals surface area (Å²) in [6.07, 6.45) is 0. The van der Waals surface area contributed by atoms with Crippen LogP contribution in [0.2, 0.25) is 5.02 Å². The van der Waals surface area contributed by atoms with Gasteiger partial charge in [0.05, 0.1) is 23.1 Å². The van der Waals surface area contributed by atoms with Crippen molar-refractivity contribution in [1.82, 2.24) is 4.57 Å². The lowest BCUT2D eigenvalue weighted by Crippen LogP contribution is -2.26. The highest BCUT2D eigenvalue weighted by Gasteiger charge is 2.32. The van der Waals surface area contributed by atoms with Gasteiger partial charge in [0.25, 0.3) is 0 Å². The van der Waals surface area contributed by atoms with E-state index in [2.05, 4.69) is 0 Å². The SMILES string of the molecule is CC(C)(CO)c1c(-c2ccc(C(=O)O)cc2)c2c(O)cc(Cl)cc2n1-c1ccc(F)cc1. The van der Waals surface area contributed by atoms with Crippen LogP contribution in [0.15, 0.2) is 60.7 Å². The molecular weight excluding hydrogens is 433 g/mol. The third kappa shape index (κ3) is 3.61. The predicted molar refractivity (Wildman–Crippen MR) is 122 cm³/mol. The van der Waals surface area contributed by atoms with E-state index in [4.69, 9.17) is 11.6 Å². The number of phenolic OH excluding ortho intramolecular Hbond substituents is 1. The van der Waals surface area contributed by atoms with E-state index in [-0.39, 0.29) is 17.9 Å². The number of phenols is 1.